The Morgan fingerprint density at radius 3 is 2.86 bits per heavy atom. The van der Waals surface area contributed by atoms with E-state index < -0.39 is 0 Å². The molecule has 1 aliphatic carbocycles. The Kier molecular flexibility index (Phi) is 3.02. The third-order valence-electron chi connectivity index (χ3n) is 3.12. The Balaban J connectivity index is 1.98. The molecule has 2 rings (SSSR count). The van der Waals surface area contributed by atoms with Crippen LogP contribution in [0.1, 0.15) is 48.2 Å². The van der Waals surface area contributed by atoms with Crippen LogP contribution in [0.25, 0.3) is 0 Å². The van der Waals surface area contributed by atoms with Gasteiger partial charge in [0.15, 0.2) is 12.0 Å². The van der Waals surface area contributed by atoms with E-state index >= 15 is 0 Å². The van der Waals surface area contributed by atoms with Crippen LogP contribution in [0.4, 0.5) is 0 Å². The highest BCUT2D eigenvalue weighted by Crippen LogP contribution is 2.27. The van der Waals surface area contributed by atoms with Crippen molar-refractivity contribution in [2.45, 2.75) is 38.5 Å². The lowest BCUT2D eigenvalue weighted by Gasteiger charge is -2.20. The molecule has 0 amide bonds. The summed E-state index contributed by atoms with van der Waals surface area (Å²) in [5.41, 5.74) is 1.09. The van der Waals surface area contributed by atoms with Crippen molar-refractivity contribution in [2.75, 3.05) is 0 Å². The summed E-state index contributed by atoms with van der Waals surface area (Å²) in [4.78, 5) is 10.6. The molecule has 1 saturated carbocycles. The smallest absolute Gasteiger partial charge is 0.185 e. The fraction of sp³-hybridized carbons (Fsp3) is 0.583. The van der Waals surface area contributed by atoms with E-state index in [2.05, 4.69) is 0 Å². The lowest BCUT2D eigenvalue weighted by atomic mass is 9.85. The molecule has 76 valence electrons. The predicted molar refractivity (Wildman–Crippen MR) is 54.4 cm³/mol. The third kappa shape index (κ3) is 2.06. The molecule has 0 saturated heterocycles. The molecule has 14 heavy (non-hydrogen) atoms. The summed E-state index contributed by atoms with van der Waals surface area (Å²) in [5.74, 6) is 1.29. The van der Waals surface area contributed by atoms with Gasteiger partial charge in [0.1, 0.15) is 0 Å². The van der Waals surface area contributed by atoms with E-state index in [0.717, 1.165) is 24.2 Å². The van der Waals surface area contributed by atoms with Crippen LogP contribution in [-0.2, 0) is 6.42 Å². The van der Waals surface area contributed by atoms with E-state index in [9.17, 15) is 4.79 Å². The molecule has 0 aliphatic heterocycles. The molecule has 0 N–H and O–H groups in total. The van der Waals surface area contributed by atoms with Crippen molar-refractivity contribution in [3.63, 3.8) is 0 Å². The number of hydrogen-bond acceptors (Lipinski definition) is 2. The van der Waals surface area contributed by atoms with Crippen molar-refractivity contribution < 1.29 is 9.21 Å². The second-order valence-corrected chi connectivity index (χ2v) is 4.14. The summed E-state index contributed by atoms with van der Waals surface area (Å²) in [6.07, 6.45) is 10.1. The molecule has 1 aliphatic rings. The number of aldehydes is 1. The van der Waals surface area contributed by atoms with Crippen molar-refractivity contribution in [1.82, 2.24) is 0 Å². The maximum atomic E-state index is 10.6. The van der Waals surface area contributed by atoms with Gasteiger partial charge in [-0.15, -0.1) is 0 Å². The van der Waals surface area contributed by atoms with Crippen LogP contribution in [0.5, 0.6) is 0 Å². The minimum Gasteiger partial charge on any atom is -0.461 e. The molecule has 0 aromatic carbocycles. The molecule has 0 spiro atoms. The number of carbonyl (C=O) groups is 1. The first-order valence-corrected chi connectivity index (χ1v) is 5.41. The fourth-order valence-corrected chi connectivity index (χ4v) is 2.32. The summed E-state index contributed by atoms with van der Waals surface area (Å²) in [6, 6.07) is 1.93. The molecule has 0 unspecified atom stereocenters. The zero-order chi connectivity index (χ0) is 9.80. The molecule has 0 bridgehead atoms. The van der Waals surface area contributed by atoms with E-state index in [4.69, 9.17) is 4.42 Å². The average molecular weight is 192 g/mol. The van der Waals surface area contributed by atoms with E-state index in [1.54, 1.807) is 6.26 Å². The number of carbonyl (C=O) groups excluding carboxylic acids is 1. The maximum Gasteiger partial charge on any atom is 0.185 e. The van der Waals surface area contributed by atoms with Gasteiger partial charge in [0, 0.05) is 5.56 Å². The second-order valence-electron chi connectivity index (χ2n) is 4.14. The fourth-order valence-electron chi connectivity index (χ4n) is 2.32. The summed E-state index contributed by atoms with van der Waals surface area (Å²) >= 11 is 0. The molecule has 0 radical (unpaired) electrons. The number of rotatable bonds is 3. The first-order valence-electron chi connectivity index (χ1n) is 5.41. The Morgan fingerprint density at radius 2 is 2.14 bits per heavy atom. The van der Waals surface area contributed by atoms with Crippen LogP contribution < -0.4 is 0 Å². The zero-order valence-electron chi connectivity index (χ0n) is 8.37. The van der Waals surface area contributed by atoms with E-state index in [-0.39, 0.29) is 0 Å². The topological polar surface area (TPSA) is 30.2 Å². The van der Waals surface area contributed by atoms with Gasteiger partial charge in [-0.05, 0) is 18.4 Å². The minimum atomic E-state index is 0.524. The van der Waals surface area contributed by atoms with Crippen LogP contribution in [0.15, 0.2) is 16.7 Å². The van der Waals surface area contributed by atoms with Gasteiger partial charge in [0.05, 0.1) is 6.26 Å². The molecule has 1 aromatic rings. The van der Waals surface area contributed by atoms with Gasteiger partial charge in [0.2, 0.25) is 0 Å². The SMILES string of the molecule is O=Cc1occc1CC1CCCCC1. The highest BCUT2D eigenvalue weighted by molar-refractivity contribution is 5.72. The molecule has 1 aromatic heterocycles. The maximum absolute atomic E-state index is 10.6. The highest BCUT2D eigenvalue weighted by atomic mass is 16.3. The van der Waals surface area contributed by atoms with Crippen LogP contribution in [0.3, 0.4) is 0 Å². The summed E-state index contributed by atoms with van der Waals surface area (Å²) in [7, 11) is 0. The van der Waals surface area contributed by atoms with Crippen LogP contribution in [0.2, 0.25) is 0 Å². The summed E-state index contributed by atoms with van der Waals surface area (Å²) in [6.45, 7) is 0. The van der Waals surface area contributed by atoms with E-state index in [1.807, 2.05) is 6.07 Å². The largest absolute Gasteiger partial charge is 0.461 e. The monoisotopic (exact) mass is 192 g/mol. The Morgan fingerprint density at radius 1 is 1.36 bits per heavy atom. The Bertz CT molecular complexity index is 295. The standard InChI is InChI=1S/C12H16O2/c13-9-12-11(6-7-14-12)8-10-4-2-1-3-5-10/h6-7,9-10H,1-5,8H2. The zero-order valence-corrected chi connectivity index (χ0v) is 8.37. The third-order valence-corrected chi connectivity index (χ3v) is 3.12. The summed E-state index contributed by atoms with van der Waals surface area (Å²) in [5, 5.41) is 0. The molecule has 2 heteroatoms. The first kappa shape index (κ1) is 9.50. The van der Waals surface area contributed by atoms with Crippen molar-refractivity contribution in [2.24, 2.45) is 5.92 Å². The van der Waals surface area contributed by atoms with Gasteiger partial charge < -0.3 is 4.42 Å². The predicted octanol–water partition coefficient (Wildman–Crippen LogP) is 3.21. The minimum absolute atomic E-state index is 0.524. The number of hydrogen-bond donors (Lipinski definition) is 0. The molecule has 2 nitrogen and oxygen atoms in total. The molecule has 0 atom stereocenters. The lowest BCUT2D eigenvalue weighted by molar-refractivity contribution is 0.109. The van der Waals surface area contributed by atoms with E-state index in [0.29, 0.717) is 5.76 Å². The molecular weight excluding hydrogens is 176 g/mol. The van der Waals surface area contributed by atoms with Crippen molar-refractivity contribution in [3.05, 3.63) is 23.7 Å². The molecule has 1 heterocycles. The van der Waals surface area contributed by atoms with Crippen molar-refractivity contribution in [3.8, 4) is 0 Å². The van der Waals surface area contributed by atoms with Crippen LogP contribution >= 0.6 is 0 Å². The van der Waals surface area contributed by atoms with Gasteiger partial charge in [-0.2, -0.15) is 0 Å². The average Bonchev–Trinajstić information content (AvgIpc) is 2.67. The van der Waals surface area contributed by atoms with Crippen molar-refractivity contribution >= 4 is 6.29 Å². The molecule has 1 fully saturated rings. The molecular formula is C12H16O2. The first-order chi connectivity index (χ1) is 6.90. The Hall–Kier alpha value is -1.05. The second kappa shape index (κ2) is 4.45. The van der Waals surface area contributed by atoms with Gasteiger partial charge in [-0.1, -0.05) is 32.1 Å². The Labute approximate surface area is 84.3 Å². The van der Waals surface area contributed by atoms with Gasteiger partial charge in [-0.25, -0.2) is 0 Å². The highest BCUT2D eigenvalue weighted by Gasteiger charge is 2.16. The number of furan rings is 1. The van der Waals surface area contributed by atoms with Crippen molar-refractivity contribution in [1.29, 1.82) is 0 Å². The van der Waals surface area contributed by atoms with Crippen LogP contribution in [-0.4, -0.2) is 6.29 Å². The van der Waals surface area contributed by atoms with Gasteiger partial charge >= 0.3 is 0 Å². The van der Waals surface area contributed by atoms with Gasteiger partial charge in [0.25, 0.3) is 0 Å². The quantitative estimate of drug-likeness (QED) is 0.688. The van der Waals surface area contributed by atoms with Gasteiger partial charge in [-0.3, -0.25) is 4.79 Å². The van der Waals surface area contributed by atoms with E-state index in [1.165, 1.54) is 32.1 Å². The van der Waals surface area contributed by atoms with Crippen LogP contribution in [0, 0.1) is 5.92 Å². The lowest BCUT2D eigenvalue weighted by Crippen LogP contribution is -2.09. The summed E-state index contributed by atoms with van der Waals surface area (Å²) < 4.78 is 5.09. The normalized spacial score (nSPS) is 18.3.